The van der Waals surface area contributed by atoms with Crippen molar-refractivity contribution >= 4 is 36.9 Å². The molecule has 13 heteroatoms. The van der Waals surface area contributed by atoms with Crippen LogP contribution in [0.1, 0.15) is 95.5 Å². The maximum absolute atomic E-state index is 14.7. The van der Waals surface area contributed by atoms with Crippen LogP contribution in [0, 0.1) is 17.6 Å². The Bertz CT molecular complexity index is 1280. The van der Waals surface area contributed by atoms with E-state index in [1.165, 1.54) is 4.90 Å². The van der Waals surface area contributed by atoms with Crippen molar-refractivity contribution in [3.63, 3.8) is 0 Å². The summed E-state index contributed by atoms with van der Waals surface area (Å²) < 4.78 is 48.8. The molecule has 0 radical (unpaired) electrons. The fraction of sp³-hybridized carbons (Fsp3) is 0.700. The number of halogens is 3. The van der Waals surface area contributed by atoms with Gasteiger partial charge in [0.25, 0.3) is 0 Å². The standard InChI is InChI=1S/C30H41ClF2N3O6P/c31-22-14-15-23(32)21(26(22)33)18-43(40,41)30-17-19(30)9-4-2-1-3-5-12-24(34-29(39)42-20-10-6-7-11-20)28(38)36-16-8-13-25(36)27(37)35-30/h14-15,19-20,24-25H,1-13,16-18H2,(H,34,39)(H,35,37)(H,40,41)/t19-,24+,25+,30+/m1/s1. The molecule has 4 aliphatic rings. The second-order valence-electron chi connectivity index (χ2n) is 12.5. The lowest BCUT2D eigenvalue weighted by Crippen LogP contribution is -2.55. The van der Waals surface area contributed by atoms with Crippen molar-refractivity contribution in [1.29, 1.82) is 0 Å². The number of hydrogen-bond acceptors (Lipinski definition) is 5. The summed E-state index contributed by atoms with van der Waals surface area (Å²) in [4.78, 5) is 53.0. The van der Waals surface area contributed by atoms with Gasteiger partial charge in [-0.05, 0) is 75.8 Å². The average molecular weight is 644 g/mol. The van der Waals surface area contributed by atoms with Gasteiger partial charge in [-0.2, -0.15) is 0 Å². The smallest absolute Gasteiger partial charge is 0.408 e. The van der Waals surface area contributed by atoms with Crippen molar-refractivity contribution in [2.75, 3.05) is 6.54 Å². The van der Waals surface area contributed by atoms with E-state index < -0.39 is 60.1 Å². The molecule has 0 spiro atoms. The van der Waals surface area contributed by atoms with E-state index in [1.807, 2.05) is 0 Å². The minimum atomic E-state index is -4.42. The van der Waals surface area contributed by atoms with Crippen LogP contribution in [0.25, 0.3) is 0 Å². The number of carbonyl (C=O) groups excluding carboxylic acids is 3. The first-order valence-electron chi connectivity index (χ1n) is 15.6. The van der Waals surface area contributed by atoms with Crippen LogP contribution in [0.15, 0.2) is 12.1 Å². The molecule has 1 aromatic rings. The Hall–Kier alpha value is -2.23. The first kappa shape index (κ1) is 32.2. The minimum Gasteiger partial charge on any atom is -0.446 e. The van der Waals surface area contributed by atoms with E-state index >= 15 is 0 Å². The van der Waals surface area contributed by atoms with E-state index in [2.05, 4.69) is 10.6 Å². The van der Waals surface area contributed by atoms with Crippen molar-refractivity contribution in [3.05, 3.63) is 34.4 Å². The van der Waals surface area contributed by atoms with Crippen LogP contribution in [0.5, 0.6) is 0 Å². The van der Waals surface area contributed by atoms with Gasteiger partial charge >= 0.3 is 6.09 Å². The third-order valence-electron chi connectivity index (χ3n) is 9.60. The number of nitrogens with one attached hydrogen (secondary N) is 2. The van der Waals surface area contributed by atoms with Gasteiger partial charge in [0, 0.05) is 12.1 Å². The fourth-order valence-electron chi connectivity index (χ4n) is 7.06. The summed E-state index contributed by atoms with van der Waals surface area (Å²) in [5, 5.41) is 3.66. The van der Waals surface area contributed by atoms with Gasteiger partial charge in [-0.25, -0.2) is 13.6 Å². The van der Waals surface area contributed by atoms with Crippen LogP contribution in [0.3, 0.4) is 0 Å². The zero-order chi connectivity index (χ0) is 30.8. The molecule has 2 saturated heterocycles. The molecule has 2 heterocycles. The SMILES string of the molecule is O=C(N[C@H]1CCCCCCC[C@@H]2C[C@@]2(P(=O)(O)Cc2c(F)ccc(Cl)c2F)NC(=O)[C@@H]2CCCN2C1=O)OC1CCCC1. The van der Waals surface area contributed by atoms with Crippen LogP contribution < -0.4 is 10.6 Å². The van der Waals surface area contributed by atoms with Gasteiger partial charge in [0.2, 0.25) is 19.2 Å². The molecule has 4 fully saturated rings. The molecule has 1 unspecified atom stereocenters. The Morgan fingerprint density at radius 1 is 1.05 bits per heavy atom. The molecule has 9 nitrogen and oxygen atoms in total. The molecule has 238 valence electrons. The van der Waals surface area contributed by atoms with E-state index in [0.29, 0.717) is 38.6 Å². The number of ether oxygens (including phenoxy) is 1. The molecule has 3 amide bonds. The Labute approximate surface area is 255 Å². The molecular formula is C30H41ClF2N3O6P. The maximum Gasteiger partial charge on any atom is 0.408 e. The largest absolute Gasteiger partial charge is 0.446 e. The second-order valence-corrected chi connectivity index (χ2v) is 15.5. The number of amides is 3. The number of alkyl carbamates (subject to hydrolysis) is 1. The molecule has 3 N–H and O–H groups in total. The first-order valence-corrected chi connectivity index (χ1v) is 17.8. The summed E-state index contributed by atoms with van der Waals surface area (Å²) in [6, 6.07) is 0.247. The van der Waals surface area contributed by atoms with Gasteiger partial charge in [-0.3, -0.25) is 14.2 Å². The van der Waals surface area contributed by atoms with Gasteiger partial charge in [0.15, 0.2) is 0 Å². The van der Waals surface area contributed by atoms with Crippen LogP contribution in [0.4, 0.5) is 13.6 Å². The molecule has 1 aromatic carbocycles. The number of nitrogens with zero attached hydrogens (tertiary/aromatic N) is 1. The molecule has 0 aromatic heterocycles. The Morgan fingerprint density at radius 2 is 1.72 bits per heavy atom. The predicted molar refractivity (Wildman–Crippen MR) is 157 cm³/mol. The molecule has 43 heavy (non-hydrogen) atoms. The van der Waals surface area contributed by atoms with Gasteiger partial charge in [0.05, 0.1) is 11.2 Å². The molecule has 2 saturated carbocycles. The van der Waals surface area contributed by atoms with E-state index in [4.69, 9.17) is 16.3 Å². The highest BCUT2D eigenvalue weighted by Gasteiger charge is 2.66. The van der Waals surface area contributed by atoms with Crippen LogP contribution >= 0.6 is 19.0 Å². The van der Waals surface area contributed by atoms with Crippen LogP contribution in [0.2, 0.25) is 5.02 Å². The number of fused-ring (bicyclic) bond motifs is 2. The second kappa shape index (κ2) is 13.4. The highest BCUT2D eigenvalue weighted by molar-refractivity contribution is 7.59. The summed E-state index contributed by atoms with van der Waals surface area (Å²) >= 11 is 5.84. The molecule has 0 bridgehead atoms. The zero-order valence-electron chi connectivity index (χ0n) is 24.3. The number of hydrogen-bond donors (Lipinski definition) is 3. The quantitative estimate of drug-likeness (QED) is 0.267. The summed E-state index contributed by atoms with van der Waals surface area (Å²) in [6.45, 7) is 0.304. The van der Waals surface area contributed by atoms with Gasteiger partial charge in [0.1, 0.15) is 35.1 Å². The Kier molecular flexibility index (Phi) is 10.0. The molecule has 5 rings (SSSR count). The molecule has 2 aliphatic carbocycles. The zero-order valence-corrected chi connectivity index (χ0v) is 25.9. The van der Waals surface area contributed by atoms with Crippen molar-refractivity contribution in [3.8, 4) is 0 Å². The van der Waals surface area contributed by atoms with Crippen molar-refractivity contribution in [1.82, 2.24) is 15.5 Å². The van der Waals surface area contributed by atoms with Gasteiger partial charge < -0.3 is 25.2 Å². The van der Waals surface area contributed by atoms with Crippen molar-refractivity contribution in [2.45, 2.75) is 120 Å². The summed E-state index contributed by atoms with van der Waals surface area (Å²) in [5.41, 5.74) is -0.584. The number of carbonyl (C=O) groups is 3. The predicted octanol–water partition coefficient (Wildman–Crippen LogP) is 5.99. The molecular weight excluding hydrogens is 603 g/mol. The highest BCUT2D eigenvalue weighted by Crippen LogP contribution is 2.71. The molecule has 5 atom stereocenters. The van der Waals surface area contributed by atoms with Crippen LogP contribution in [-0.4, -0.2) is 57.7 Å². The Morgan fingerprint density at radius 3 is 2.47 bits per heavy atom. The third-order valence-corrected chi connectivity index (χ3v) is 12.5. The van der Waals surface area contributed by atoms with Gasteiger partial charge in [-0.15, -0.1) is 0 Å². The molecule has 2 aliphatic heterocycles. The van der Waals surface area contributed by atoms with Crippen molar-refractivity contribution < 1.29 is 37.4 Å². The van der Waals surface area contributed by atoms with Crippen molar-refractivity contribution in [2.24, 2.45) is 5.92 Å². The summed E-state index contributed by atoms with van der Waals surface area (Å²) in [7, 11) is -4.42. The average Bonchev–Trinajstić information content (AvgIpc) is 3.30. The minimum absolute atomic E-state index is 0.159. The lowest BCUT2D eigenvalue weighted by molar-refractivity contribution is -0.140. The Balaban J connectivity index is 1.36. The summed E-state index contributed by atoms with van der Waals surface area (Å²) in [6.07, 6.45) is 8.11. The van der Waals surface area contributed by atoms with Crippen LogP contribution in [-0.2, 0) is 25.1 Å². The van der Waals surface area contributed by atoms with E-state index in [0.717, 1.165) is 63.5 Å². The topological polar surface area (TPSA) is 125 Å². The number of rotatable bonds is 5. The maximum atomic E-state index is 14.7. The first-order chi connectivity index (χ1) is 20.5. The van der Waals surface area contributed by atoms with E-state index in [9.17, 15) is 32.6 Å². The van der Waals surface area contributed by atoms with E-state index in [-0.39, 0.29) is 29.4 Å². The normalized spacial score (nSPS) is 30.3. The summed E-state index contributed by atoms with van der Waals surface area (Å²) in [5.74, 6) is -3.37. The number of benzene rings is 1. The lowest BCUT2D eigenvalue weighted by atomic mass is 10.0. The van der Waals surface area contributed by atoms with Gasteiger partial charge in [-0.1, -0.05) is 43.7 Å². The third kappa shape index (κ3) is 7.04. The monoisotopic (exact) mass is 643 g/mol. The fourth-order valence-corrected chi connectivity index (χ4v) is 9.72. The van der Waals surface area contributed by atoms with E-state index in [1.54, 1.807) is 0 Å². The lowest BCUT2D eigenvalue weighted by Gasteiger charge is -2.32. The highest BCUT2D eigenvalue weighted by atomic mass is 35.5.